The summed E-state index contributed by atoms with van der Waals surface area (Å²) in [5.41, 5.74) is -0.318. The van der Waals surface area contributed by atoms with E-state index >= 15 is 4.39 Å². The van der Waals surface area contributed by atoms with Crippen molar-refractivity contribution >= 4 is 33.3 Å². The van der Waals surface area contributed by atoms with Gasteiger partial charge in [-0.1, -0.05) is 24.3 Å². The van der Waals surface area contributed by atoms with Gasteiger partial charge in [-0.2, -0.15) is 5.06 Å². The molecule has 3 aliphatic rings. The van der Waals surface area contributed by atoms with Gasteiger partial charge in [0.25, 0.3) is 5.91 Å². The van der Waals surface area contributed by atoms with E-state index in [-0.39, 0.29) is 34.3 Å². The highest BCUT2D eigenvalue weighted by atomic mass is 19.1. The molecule has 3 aliphatic heterocycles. The summed E-state index contributed by atoms with van der Waals surface area (Å²) in [7, 11) is 0. The first-order valence-electron chi connectivity index (χ1n) is 15.1. The molecule has 3 aromatic carbocycles. The molecule has 0 unspecified atom stereocenters. The fraction of sp³-hybridized carbons (Fsp3) is 0.412. The molecule has 2 saturated heterocycles. The van der Waals surface area contributed by atoms with Gasteiger partial charge in [0.1, 0.15) is 16.8 Å². The quantitative estimate of drug-likeness (QED) is 0.242. The van der Waals surface area contributed by atoms with Crippen LogP contribution in [0.4, 0.5) is 10.1 Å². The average Bonchev–Trinajstić information content (AvgIpc) is 2.97. The van der Waals surface area contributed by atoms with Crippen LogP contribution in [-0.2, 0) is 0 Å². The first kappa shape index (κ1) is 27.9. The number of aromatic nitrogens is 1. The molecule has 0 radical (unpaired) electrons. The van der Waals surface area contributed by atoms with E-state index in [1.165, 1.54) is 11.1 Å². The molecule has 0 spiro atoms. The van der Waals surface area contributed by atoms with Gasteiger partial charge in [-0.05, 0) is 88.8 Å². The Morgan fingerprint density at radius 3 is 2.33 bits per heavy atom. The lowest BCUT2D eigenvalue weighted by Crippen LogP contribution is -2.61. The number of ether oxygens (including phenoxy) is 1. The van der Waals surface area contributed by atoms with Gasteiger partial charge in [0.15, 0.2) is 17.3 Å². The van der Waals surface area contributed by atoms with Crippen LogP contribution in [0.5, 0.6) is 11.5 Å². The number of piperidine rings is 2. The fourth-order valence-electron chi connectivity index (χ4n) is 7.43. The van der Waals surface area contributed by atoms with Crippen molar-refractivity contribution in [2.45, 2.75) is 76.9 Å². The topological polar surface area (TPSA) is 87.0 Å². The largest absolute Gasteiger partial charge is 0.451 e. The summed E-state index contributed by atoms with van der Waals surface area (Å²) in [4.78, 5) is 29.3. The first-order valence-corrected chi connectivity index (χ1v) is 15.1. The molecule has 0 atom stereocenters. The third kappa shape index (κ3) is 4.48. The zero-order valence-electron chi connectivity index (χ0n) is 25.0. The lowest BCUT2D eigenvalue weighted by atomic mass is 9.79. The van der Waals surface area contributed by atoms with E-state index in [0.717, 1.165) is 30.0 Å². The zero-order valence-corrected chi connectivity index (χ0v) is 25.0. The summed E-state index contributed by atoms with van der Waals surface area (Å²) in [6.45, 7) is 9.03. The maximum absolute atomic E-state index is 16.2. The van der Waals surface area contributed by atoms with Crippen LogP contribution in [0.25, 0.3) is 27.4 Å². The van der Waals surface area contributed by atoms with Gasteiger partial charge < -0.3 is 24.7 Å². The number of halogens is 1. The van der Waals surface area contributed by atoms with Crippen molar-refractivity contribution in [3.05, 3.63) is 70.3 Å². The molecule has 2 N–H and O–H groups in total. The van der Waals surface area contributed by atoms with Crippen molar-refractivity contribution in [2.24, 2.45) is 0 Å². The molecular formula is C34H37FN4O4. The highest BCUT2D eigenvalue weighted by Crippen LogP contribution is 2.48. The molecule has 1 amide bonds. The lowest BCUT2D eigenvalue weighted by Gasteiger charge is -2.51. The number of hydrogen-bond donors (Lipinski definition) is 2. The highest BCUT2D eigenvalue weighted by molar-refractivity contribution is 6.02. The Kier molecular flexibility index (Phi) is 6.34. The SMILES string of the molecule is CC1(C)CC(Nc2c(F)cc3c(=O)c(C(=O)N4CCCCC4)cn4c3c2Oc2cc3ccccc3cc2-4)CC(C)(C)N1O. The molecule has 4 aromatic rings. The van der Waals surface area contributed by atoms with E-state index < -0.39 is 22.3 Å². The minimum atomic E-state index is -0.625. The molecular weight excluding hydrogens is 547 g/mol. The lowest BCUT2D eigenvalue weighted by molar-refractivity contribution is -0.243. The van der Waals surface area contributed by atoms with E-state index in [9.17, 15) is 14.8 Å². The van der Waals surface area contributed by atoms with Crippen LogP contribution in [0.1, 0.15) is 70.2 Å². The number of carbonyl (C=O) groups is 1. The molecule has 0 aliphatic carbocycles. The predicted octanol–water partition coefficient (Wildman–Crippen LogP) is 6.84. The van der Waals surface area contributed by atoms with E-state index in [1.807, 2.05) is 68.7 Å². The van der Waals surface area contributed by atoms with Crippen molar-refractivity contribution < 1.29 is 19.1 Å². The fourth-order valence-corrected chi connectivity index (χ4v) is 7.43. The van der Waals surface area contributed by atoms with E-state index in [1.54, 1.807) is 11.1 Å². The molecule has 7 rings (SSSR count). The van der Waals surface area contributed by atoms with Gasteiger partial charge in [-0.25, -0.2) is 4.39 Å². The molecule has 4 heterocycles. The van der Waals surface area contributed by atoms with Crippen molar-refractivity contribution in [3.8, 4) is 17.2 Å². The summed E-state index contributed by atoms with van der Waals surface area (Å²) in [5, 5.41) is 17.6. The van der Waals surface area contributed by atoms with Gasteiger partial charge in [0.2, 0.25) is 5.43 Å². The van der Waals surface area contributed by atoms with Crippen LogP contribution in [0.2, 0.25) is 0 Å². The number of likely N-dealkylation sites (tertiary alicyclic amines) is 1. The van der Waals surface area contributed by atoms with Gasteiger partial charge in [0.05, 0.1) is 11.1 Å². The van der Waals surface area contributed by atoms with Gasteiger partial charge in [-0.3, -0.25) is 9.59 Å². The number of nitrogens with one attached hydrogen (secondary N) is 1. The molecule has 2 fully saturated rings. The third-order valence-corrected chi connectivity index (χ3v) is 9.36. The number of hydroxylamine groups is 2. The molecule has 8 nitrogen and oxygen atoms in total. The number of anilines is 1. The first-order chi connectivity index (χ1) is 20.4. The second-order valence-corrected chi connectivity index (χ2v) is 13.5. The zero-order chi connectivity index (χ0) is 30.3. The third-order valence-electron chi connectivity index (χ3n) is 9.36. The second kappa shape index (κ2) is 9.79. The number of amides is 1. The van der Waals surface area contributed by atoms with Crippen LogP contribution >= 0.6 is 0 Å². The second-order valence-electron chi connectivity index (χ2n) is 13.5. The van der Waals surface area contributed by atoms with Gasteiger partial charge >= 0.3 is 0 Å². The summed E-state index contributed by atoms with van der Waals surface area (Å²) in [6, 6.07) is 12.8. The Hall–Kier alpha value is -3.95. The highest BCUT2D eigenvalue weighted by Gasteiger charge is 2.45. The summed E-state index contributed by atoms with van der Waals surface area (Å²) >= 11 is 0. The van der Waals surface area contributed by atoms with Crippen LogP contribution in [0, 0.1) is 5.82 Å². The van der Waals surface area contributed by atoms with Crippen molar-refractivity contribution in [1.29, 1.82) is 0 Å². The predicted molar refractivity (Wildman–Crippen MR) is 165 cm³/mol. The molecule has 9 heteroatoms. The van der Waals surface area contributed by atoms with Crippen molar-refractivity contribution in [1.82, 2.24) is 14.5 Å². The summed E-state index contributed by atoms with van der Waals surface area (Å²) in [5.74, 6) is -0.227. The molecule has 0 bridgehead atoms. The van der Waals surface area contributed by atoms with Crippen molar-refractivity contribution in [3.63, 3.8) is 0 Å². The van der Waals surface area contributed by atoms with Crippen LogP contribution < -0.4 is 15.5 Å². The van der Waals surface area contributed by atoms with Gasteiger partial charge in [0, 0.05) is 36.4 Å². The Bertz CT molecular complexity index is 1840. The summed E-state index contributed by atoms with van der Waals surface area (Å²) in [6.07, 6.45) is 5.57. The molecule has 0 saturated carbocycles. The van der Waals surface area contributed by atoms with E-state index in [4.69, 9.17) is 4.74 Å². The number of hydrogen-bond acceptors (Lipinski definition) is 6. The number of nitrogens with zero attached hydrogens (tertiary/aromatic N) is 3. The Morgan fingerprint density at radius 2 is 1.65 bits per heavy atom. The summed E-state index contributed by atoms with van der Waals surface area (Å²) < 4.78 is 24.5. The minimum Gasteiger partial charge on any atom is -0.451 e. The number of rotatable bonds is 3. The van der Waals surface area contributed by atoms with Crippen LogP contribution in [0.3, 0.4) is 0 Å². The smallest absolute Gasteiger partial charge is 0.259 e. The Labute approximate surface area is 249 Å². The van der Waals surface area contributed by atoms with Gasteiger partial charge in [-0.15, -0.1) is 0 Å². The Morgan fingerprint density at radius 1 is 1.00 bits per heavy atom. The number of benzene rings is 3. The van der Waals surface area contributed by atoms with E-state index in [0.29, 0.717) is 42.9 Å². The number of carbonyl (C=O) groups excluding carboxylic acids is 1. The maximum atomic E-state index is 16.2. The average molecular weight is 585 g/mol. The molecule has 43 heavy (non-hydrogen) atoms. The molecule has 224 valence electrons. The maximum Gasteiger partial charge on any atom is 0.259 e. The van der Waals surface area contributed by atoms with Crippen molar-refractivity contribution in [2.75, 3.05) is 18.4 Å². The number of pyridine rings is 1. The normalized spacial score (nSPS) is 19.7. The Balaban J connectivity index is 1.43. The number of fused-ring (bicyclic) bond motifs is 3. The van der Waals surface area contributed by atoms with E-state index in [2.05, 4.69) is 5.32 Å². The van der Waals surface area contributed by atoms with Crippen LogP contribution in [-0.4, -0.2) is 55.9 Å². The monoisotopic (exact) mass is 584 g/mol. The van der Waals surface area contributed by atoms with Crippen LogP contribution in [0.15, 0.2) is 53.5 Å². The molecule has 1 aromatic heterocycles. The minimum absolute atomic E-state index is 0.0280. The standard InChI is InChI=1S/C34H37FN4O4/c1-33(2)17-22(18-34(3,4)39(33)42)36-28-25(35)16-23-29-31(28)43-27-15-21-11-7-6-10-20(21)14-26(27)38(29)19-24(30(23)40)32(41)37-12-8-5-9-13-37/h6-7,10-11,14-16,19,22,36,42H,5,8-9,12-13,17-18H2,1-4H3.